The van der Waals surface area contributed by atoms with E-state index in [2.05, 4.69) is 31.9 Å². The van der Waals surface area contributed by atoms with Crippen LogP contribution in [0.15, 0.2) is 16.6 Å². The highest BCUT2D eigenvalue weighted by molar-refractivity contribution is 9.10. The fraction of sp³-hybridized carbons (Fsp3) is 0.250. The zero-order valence-corrected chi connectivity index (χ0v) is 10.6. The zero-order valence-electron chi connectivity index (χ0n) is 6.63. The van der Waals surface area contributed by atoms with E-state index in [0.29, 0.717) is 10.9 Å². The Labute approximate surface area is 101 Å². The maximum Gasteiger partial charge on any atom is 0.418 e. The van der Waals surface area contributed by atoms with Gasteiger partial charge in [0.1, 0.15) is 0 Å². The van der Waals surface area contributed by atoms with Crippen LogP contribution in [-0.2, 0) is 11.5 Å². The van der Waals surface area contributed by atoms with Gasteiger partial charge in [0, 0.05) is 9.80 Å². The average molecular weight is 352 g/mol. The average Bonchev–Trinajstić information content (AvgIpc) is 2.02. The van der Waals surface area contributed by atoms with Crippen LogP contribution < -0.4 is 0 Å². The molecular formula is C8H4Br2ClF3. The third-order valence-electron chi connectivity index (χ3n) is 1.60. The summed E-state index contributed by atoms with van der Waals surface area (Å²) in [5.41, 5.74) is -0.308. The third kappa shape index (κ3) is 2.44. The first-order valence-electron chi connectivity index (χ1n) is 3.48. The van der Waals surface area contributed by atoms with Crippen molar-refractivity contribution in [2.45, 2.75) is 11.5 Å². The molecule has 0 unspecified atom stereocenters. The highest BCUT2D eigenvalue weighted by atomic mass is 79.9. The lowest BCUT2D eigenvalue weighted by Gasteiger charge is -2.13. The zero-order chi connectivity index (χ0) is 10.9. The Bertz CT molecular complexity index is 349. The minimum Gasteiger partial charge on any atom is -0.166 e. The van der Waals surface area contributed by atoms with Gasteiger partial charge in [-0.05, 0) is 27.6 Å². The maximum absolute atomic E-state index is 12.5. The number of hydrogen-bond donors (Lipinski definition) is 0. The van der Waals surface area contributed by atoms with Crippen molar-refractivity contribution in [3.63, 3.8) is 0 Å². The van der Waals surface area contributed by atoms with E-state index in [9.17, 15) is 13.2 Å². The van der Waals surface area contributed by atoms with E-state index in [1.807, 2.05) is 0 Å². The molecule has 0 nitrogen and oxygen atoms in total. The van der Waals surface area contributed by atoms with Crippen molar-refractivity contribution in [3.05, 3.63) is 32.8 Å². The lowest BCUT2D eigenvalue weighted by atomic mass is 10.1. The second-order valence-electron chi connectivity index (χ2n) is 2.53. The van der Waals surface area contributed by atoms with Gasteiger partial charge in [-0.3, -0.25) is 0 Å². The quantitative estimate of drug-likeness (QED) is 0.623. The standard InChI is InChI=1S/C8H4Br2ClF3/c9-3-4-1-2-5(11)6(7(4)10)8(12,13)14/h1-2H,3H2. The molecule has 1 aromatic carbocycles. The van der Waals surface area contributed by atoms with Gasteiger partial charge in [0.25, 0.3) is 0 Å². The molecule has 0 aliphatic rings. The van der Waals surface area contributed by atoms with Crippen LogP contribution >= 0.6 is 43.5 Å². The second kappa shape index (κ2) is 4.41. The van der Waals surface area contributed by atoms with Crippen molar-refractivity contribution in [1.29, 1.82) is 0 Å². The Kier molecular flexibility index (Phi) is 3.88. The van der Waals surface area contributed by atoms with Crippen LogP contribution in [0.5, 0.6) is 0 Å². The smallest absolute Gasteiger partial charge is 0.166 e. The molecule has 78 valence electrons. The molecule has 0 saturated carbocycles. The molecule has 0 saturated heterocycles. The number of benzene rings is 1. The van der Waals surface area contributed by atoms with Crippen LogP contribution in [0.4, 0.5) is 13.2 Å². The molecule has 0 fully saturated rings. The van der Waals surface area contributed by atoms with Crippen LogP contribution in [-0.4, -0.2) is 0 Å². The molecule has 1 aromatic rings. The molecular weight excluding hydrogens is 348 g/mol. The first-order valence-corrected chi connectivity index (χ1v) is 5.77. The topological polar surface area (TPSA) is 0 Å². The summed E-state index contributed by atoms with van der Waals surface area (Å²) >= 11 is 11.5. The largest absolute Gasteiger partial charge is 0.418 e. The van der Waals surface area contributed by atoms with Gasteiger partial charge >= 0.3 is 6.18 Å². The van der Waals surface area contributed by atoms with Crippen molar-refractivity contribution >= 4 is 43.5 Å². The van der Waals surface area contributed by atoms with Crippen molar-refractivity contribution in [3.8, 4) is 0 Å². The van der Waals surface area contributed by atoms with Gasteiger partial charge in [0.05, 0.1) is 10.6 Å². The van der Waals surface area contributed by atoms with E-state index in [0.717, 1.165) is 0 Å². The Morgan fingerprint density at radius 2 is 1.86 bits per heavy atom. The summed E-state index contributed by atoms with van der Waals surface area (Å²) in [6, 6.07) is 2.78. The van der Waals surface area contributed by atoms with Crippen LogP contribution in [0.2, 0.25) is 5.02 Å². The van der Waals surface area contributed by atoms with Crippen molar-refractivity contribution < 1.29 is 13.2 Å². The number of rotatable bonds is 1. The highest BCUT2D eigenvalue weighted by Gasteiger charge is 2.36. The van der Waals surface area contributed by atoms with E-state index in [-0.39, 0.29) is 9.50 Å². The van der Waals surface area contributed by atoms with Crippen LogP contribution in [0, 0.1) is 0 Å². The van der Waals surface area contributed by atoms with Crippen molar-refractivity contribution in [1.82, 2.24) is 0 Å². The minimum absolute atomic E-state index is 0.00521. The summed E-state index contributed by atoms with van der Waals surface area (Å²) in [6.45, 7) is 0. The van der Waals surface area contributed by atoms with Gasteiger partial charge in [0.15, 0.2) is 0 Å². The SMILES string of the molecule is FC(F)(F)c1c(Cl)ccc(CBr)c1Br. The van der Waals surface area contributed by atoms with E-state index in [1.54, 1.807) is 0 Å². The van der Waals surface area contributed by atoms with Crippen LogP contribution in [0.3, 0.4) is 0 Å². The van der Waals surface area contributed by atoms with Gasteiger partial charge in [-0.1, -0.05) is 33.6 Å². The van der Waals surface area contributed by atoms with E-state index in [1.165, 1.54) is 12.1 Å². The van der Waals surface area contributed by atoms with Gasteiger partial charge in [-0.2, -0.15) is 13.2 Å². The summed E-state index contributed by atoms with van der Waals surface area (Å²) in [4.78, 5) is 0. The Morgan fingerprint density at radius 1 is 1.29 bits per heavy atom. The summed E-state index contributed by atoms with van der Waals surface area (Å²) in [7, 11) is 0. The molecule has 0 amide bonds. The summed E-state index contributed by atoms with van der Waals surface area (Å²) in [6.07, 6.45) is -4.44. The lowest BCUT2D eigenvalue weighted by molar-refractivity contribution is -0.138. The highest BCUT2D eigenvalue weighted by Crippen LogP contribution is 2.41. The molecule has 0 heterocycles. The Morgan fingerprint density at radius 3 is 2.29 bits per heavy atom. The maximum atomic E-state index is 12.5. The normalized spacial score (nSPS) is 11.9. The number of halogens is 6. The van der Waals surface area contributed by atoms with Gasteiger partial charge < -0.3 is 0 Å². The first-order chi connectivity index (χ1) is 6.38. The Balaban J connectivity index is 3.40. The first kappa shape index (κ1) is 12.3. The molecule has 0 N–H and O–H groups in total. The van der Waals surface area contributed by atoms with Crippen LogP contribution in [0.1, 0.15) is 11.1 Å². The second-order valence-corrected chi connectivity index (χ2v) is 4.29. The predicted molar refractivity (Wildman–Crippen MR) is 56.8 cm³/mol. The fourth-order valence-corrected chi connectivity index (χ4v) is 2.89. The lowest BCUT2D eigenvalue weighted by Crippen LogP contribution is -2.08. The molecule has 1 rings (SSSR count). The summed E-state index contributed by atoms with van der Waals surface area (Å²) in [5, 5.41) is 0.0440. The minimum atomic E-state index is -4.44. The van der Waals surface area contributed by atoms with Gasteiger partial charge in [-0.15, -0.1) is 0 Å². The molecule has 6 heteroatoms. The third-order valence-corrected chi connectivity index (χ3v) is 3.42. The molecule has 0 aromatic heterocycles. The van der Waals surface area contributed by atoms with E-state index < -0.39 is 11.7 Å². The molecule has 0 spiro atoms. The van der Waals surface area contributed by atoms with Crippen molar-refractivity contribution in [2.24, 2.45) is 0 Å². The molecule has 0 aliphatic heterocycles. The van der Waals surface area contributed by atoms with Crippen molar-refractivity contribution in [2.75, 3.05) is 0 Å². The molecule has 0 atom stereocenters. The Hall–Kier alpha value is 0.260. The van der Waals surface area contributed by atoms with Gasteiger partial charge in [-0.25, -0.2) is 0 Å². The predicted octanol–water partition coefficient (Wildman–Crippen LogP) is 5.02. The summed E-state index contributed by atoms with van der Waals surface area (Å²) in [5.74, 6) is 0. The molecule has 0 bridgehead atoms. The van der Waals surface area contributed by atoms with E-state index in [4.69, 9.17) is 11.6 Å². The van der Waals surface area contributed by atoms with E-state index >= 15 is 0 Å². The molecule has 14 heavy (non-hydrogen) atoms. The number of alkyl halides is 4. The van der Waals surface area contributed by atoms with Crippen LogP contribution in [0.25, 0.3) is 0 Å². The molecule has 0 radical (unpaired) electrons. The number of hydrogen-bond acceptors (Lipinski definition) is 0. The fourth-order valence-electron chi connectivity index (χ4n) is 0.959. The molecule has 0 aliphatic carbocycles. The summed E-state index contributed by atoms with van der Waals surface area (Å²) < 4.78 is 37.5. The monoisotopic (exact) mass is 350 g/mol. The van der Waals surface area contributed by atoms with Gasteiger partial charge in [0.2, 0.25) is 0 Å².